The van der Waals surface area contributed by atoms with Crippen LogP contribution in [0.25, 0.3) is 0 Å². The van der Waals surface area contributed by atoms with E-state index in [0.717, 1.165) is 5.69 Å². The van der Waals surface area contributed by atoms with Crippen molar-refractivity contribution in [3.63, 3.8) is 0 Å². The molecule has 7 heteroatoms. The van der Waals surface area contributed by atoms with E-state index in [0.29, 0.717) is 30.5 Å². The van der Waals surface area contributed by atoms with Gasteiger partial charge in [0.25, 0.3) is 5.91 Å². The highest BCUT2D eigenvalue weighted by molar-refractivity contribution is 6.03. The summed E-state index contributed by atoms with van der Waals surface area (Å²) in [6.07, 6.45) is 1.51. The number of hydrogen-bond donors (Lipinski definition) is 1. The van der Waals surface area contributed by atoms with Gasteiger partial charge in [-0.1, -0.05) is 25.9 Å². The normalized spacial score (nSPS) is 11.3. The van der Waals surface area contributed by atoms with Gasteiger partial charge in [0.2, 0.25) is 11.8 Å². The molecule has 0 saturated heterocycles. The topological polar surface area (TPSA) is 86.5 Å². The molecular weight excluding hydrogens is 298 g/mol. The first kappa shape index (κ1) is 17.0. The van der Waals surface area contributed by atoms with Crippen LogP contribution in [0.4, 0.5) is 5.88 Å². The summed E-state index contributed by atoms with van der Waals surface area (Å²) in [4.78, 5) is 16.3. The minimum absolute atomic E-state index is 0.147. The van der Waals surface area contributed by atoms with Gasteiger partial charge in [0.15, 0.2) is 0 Å². The zero-order valence-corrected chi connectivity index (χ0v) is 13.8. The third kappa shape index (κ3) is 4.79. The Morgan fingerprint density at radius 2 is 2.09 bits per heavy atom. The van der Waals surface area contributed by atoms with Crippen LogP contribution in [-0.2, 0) is 10.2 Å². The Labute approximate surface area is 135 Å². The fourth-order valence-electron chi connectivity index (χ4n) is 1.73. The molecule has 1 N–H and O–H groups in total. The molecule has 2 heterocycles. The maximum Gasteiger partial charge on any atom is 0.258 e. The van der Waals surface area contributed by atoms with Crippen molar-refractivity contribution >= 4 is 11.8 Å². The fourth-order valence-corrected chi connectivity index (χ4v) is 1.73. The number of rotatable bonds is 6. The molecule has 7 nitrogen and oxygen atoms in total. The predicted molar refractivity (Wildman–Crippen MR) is 84.8 cm³/mol. The Kier molecular flexibility index (Phi) is 5.33. The Morgan fingerprint density at radius 1 is 1.30 bits per heavy atom. The number of methoxy groups -OCH3 is 1. The summed E-state index contributed by atoms with van der Waals surface area (Å²) in [5.41, 5.74) is 1.04. The third-order valence-corrected chi connectivity index (χ3v) is 3.05. The van der Waals surface area contributed by atoms with E-state index in [1.54, 1.807) is 25.3 Å². The zero-order chi connectivity index (χ0) is 16.9. The van der Waals surface area contributed by atoms with Gasteiger partial charge in [0.1, 0.15) is 6.61 Å². The number of nitrogens with one attached hydrogen (secondary N) is 1. The van der Waals surface area contributed by atoms with E-state index in [1.165, 1.54) is 6.20 Å². The summed E-state index contributed by atoms with van der Waals surface area (Å²) in [6, 6.07) is 4.88. The van der Waals surface area contributed by atoms with Crippen molar-refractivity contribution in [2.75, 3.05) is 25.6 Å². The molecule has 0 unspecified atom stereocenters. The molecule has 23 heavy (non-hydrogen) atoms. The summed E-state index contributed by atoms with van der Waals surface area (Å²) in [6.45, 7) is 6.87. The molecule has 2 aromatic rings. The first-order valence-corrected chi connectivity index (χ1v) is 7.26. The second-order valence-electron chi connectivity index (χ2n) is 6.00. The van der Waals surface area contributed by atoms with E-state index in [-0.39, 0.29) is 11.3 Å². The highest BCUT2D eigenvalue weighted by Crippen LogP contribution is 2.24. The third-order valence-electron chi connectivity index (χ3n) is 3.05. The number of carbonyl (C=O) groups excluding carboxylic acids is 1. The number of ether oxygens (including phenoxy) is 2. The summed E-state index contributed by atoms with van der Waals surface area (Å²) >= 11 is 0. The minimum atomic E-state index is -0.319. The average Bonchev–Trinajstić information content (AvgIpc) is 2.96. The molecule has 0 bridgehead atoms. The van der Waals surface area contributed by atoms with Gasteiger partial charge in [-0.05, 0) is 6.07 Å². The Balaban J connectivity index is 2.03. The first-order chi connectivity index (χ1) is 10.9. The quantitative estimate of drug-likeness (QED) is 0.824. The van der Waals surface area contributed by atoms with E-state index in [4.69, 9.17) is 14.0 Å². The van der Waals surface area contributed by atoms with Gasteiger partial charge in [-0.15, -0.1) is 0 Å². The number of hydrogen-bond acceptors (Lipinski definition) is 6. The molecule has 0 aliphatic heterocycles. The maximum atomic E-state index is 12.2. The lowest BCUT2D eigenvalue weighted by Gasteiger charge is -2.12. The van der Waals surface area contributed by atoms with Crippen LogP contribution in [0.2, 0.25) is 0 Å². The van der Waals surface area contributed by atoms with Gasteiger partial charge in [0.05, 0.1) is 12.3 Å². The summed E-state index contributed by atoms with van der Waals surface area (Å²) < 4.78 is 15.4. The van der Waals surface area contributed by atoms with Gasteiger partial charge < -0.3 is 14.0 Å². The molecule has 124 valence electrons. The van der Waals surface area contributed by atoms with E-state index >= 15 is 0 Å². The molecule has 0 aliphatic carbocycles. The van der Waals surface area contributed by atoms with E-state index < -0.39 is 0 Å². The number of aromatic nitrogens is 2. The van der Waals surface area contributed by atoms with Crippen molar-refractivity contribution in [2.45, 2.75) is 26.2 Å². The molecule has 0 saturated carbocycles. The van der Waals surface area contributed by atoms with Gasteiger partial charge >= 0.3 is 0 Å². The molecule has 0 aliphatic rings. The van der Waals surface area contributed by atoms with Gasteiger partial charge in [0, 0.05) is 36.4 Å². The molecule has 2 rings (SSSR count). The van der Waals surface area contributed by atoms with Crippen molar-refractivity contribution in [3.05, 3.63) is 35.7 Å². The summed E-state index contributed by atoms with van der Waals surface area (Å²) in [5, 5.41) is 6.63. The number of carbonyl (C=O) groups is 1. The van der Waals surface area contributed by atoms with Crippen molar-refractivity contribution in [3.8, 4) is 5.88 Å². The van der Waals surface area contributed by atoms with E-state index in [1.807, 2.05) is 20.8 Å². The van der Waals surface area contributed by atoms with E-state index in [9.17, 15) is 4.79 Å². The lowest BCUT2D eigenvalue weighted by atomic mass is 9.92. The highest BCUT2D eigenvalue weighted by Gasteiger charge is 2.20. The first-order valence-electron chi connectivity index (χ1n) is 7.26. The van der Waals surface area contributed by atoms with Crippen molar-refractivity contribution in [1.29, 1.82) is 0 Å². The second kappa shape index (κ2) is 7.23. The highest BCUT2D eigenvalue weighted by atomic mass is 16.5. The van der Waals surface area contributed by atoms with Crippen molar-refractivity contribution in [1.82, 2.24) is 10.1 Å². The van der Waals surface area contributed by atoms with Gasteiger partial charge in [-0.3, -0.25) is 10.1 Å². The lowest BCUT2D eigenvalue weighted by Crippen LogP contribution is -2.13. The number of anilines is 1. The molecule has 0 fully saturated rings. The fraction of sp³-hybridized carbons (Fsp3) is 0.438. The number of nitrogens with zero attached hydrogens (tertiary/aromatic N) is 2. The molecule has 1 amide bonds. The van der Waals surface area contributed by atoms with Crippen LogP contribution in [0, 0.1) is 0 Å². The zero-order valence-electron chi connectivity index (χ0n) is 13.8. The standard InChI is InChI=1S/C16H21N3O4/c1-16(2,3)12-10-14(23-19-12)18-15(20)11-5-6-17-13(9-11)22-8-7-21-4/h5-6,9-10H,7-8H2,1-4H3,(H,18,20). The SMILES string of the molecule is COCCOc1cc(C(=O)Nc2cc(C(C)(C)C)no2)ccn1. The van der Waals surface area contributed by atoms with Crippen LogP contribution in [0.5, 0.6) is 5.88 Å². The van der Waals surface area contributed by atoms with Crippen LogP contribution in [0.1, 0.15) is 36.8 Å². The van der Waals surface area contributed by atoms with Gasteiger partial charge in [-0.25, -0.2) is 4.98 Å². The summed E-state index contributed by atoms with van der Waals surface area (Å²) in [7, 11) is 1.59. The molecule has 0 radical (unpaired) electrons. The van der Waals surface area contributed by atoms with Crippen molar-refractivity contribution < 1.29 is 18.8 Å². The van der Waals surface area contributed by atoms with Gasteiger partial charge in [-0.2, -0.15) is 0 Å². The largest absolute Gasteiger partial charge is 0.475 e. The van der Waals surface area contributed by atoms with Crippen LogP contribution in [0.15, 0.2) is 28.9 Å². The average molecular weight is 319 g/mol. The molecule has 0 aromatic carbocycles. The monoisotopic (exact) mass is 319 g/mol. The molecule has 2 aromatic heterocycles. The number of amides is 1. The predicted octanol–water partition coefficient (Wildman–Crippen LogP) is 2.64. The Hall–Kier alpha value is -2.41. The summed E-state index contributed by atoms with van der Waals surface area (Å²) in [5.74, 6) is 0.349. The molecule has 0 spiro atoms. The smallest absolute Gasteiger partial charge is 0.258 e. The second-order valence-corrected chi connectivity index (χ2v) is 6.00. The lowest BCUT2D eigenvalue weighted by molar-refractivity contribution is 0.102. The minimum Gasteiger partial charge on any atom is -0.475 e. The maximum absolute atomic E-state index is 12.2. The molecular formula is C16H21N3O4. The Morgan fingerprint density at radius 3 is 2.74 bits per heavy atom. The Bertz CT molecular complexity index is 661. The van der Waals surface area contributed by atoms with Crippen LogP contribution in [-0.4, -0.2) is 36.4 Å². The van der Waals surface area contributed by atoms with Crippen molar-refractivity contribution in [2.24, 2.45) is 0 Å². The van der Waals surface area contributed by atoms with Crippen LogP contribution < -0.4 is 10.1 Å². The number of pyridine rings is 1. The molecule has 0 atom stereocenters. The van der Waals surface area contributed by atoms with E-state index in [2.05, 4.69) is 15.5 Å². The van der Waals surface area contributed by atoms with Crippen LogP contribution in [0.3, 0.4) is 0 Å². The van der Waals surface area contributed by atoms with Crippen LogP contribution >= 0.6 is 0 Å².